The van der Waals surface area contributed by atoms with Gasteiger partial charge in [0.1, 0.15) is 5.15 Å². The van der Waals surface area contributed by atoms with E-state index >= 15 is 0 Å². The van der Waals surface area contributed by atoms with E-state index in [1.807, 2.05) is 12.1 Å². The molecule has 18 heavy (non-hydrogen) atoms. The molecule has 92 valence electrons. The molecule has 0 fully saturated rings. The zero-order valence-corrected chi connectivity index (χ0v) is 11.3. The van der Waals surface area contributed by atoms with Crippen LogP contribution in [0.15, 0.2) is 40.9 Å². The van der Waals surface area contributed by atoms with Gasteiger partial charge in [0.15, 0.2) is 0 Å². The molecule has 0 bridgehead atoms. The molecule has 0 saturated carbocycles. The van der Waals surface area contributed by atoms with Crippen molar-refractivity contribution in [3.63, 3.8) is 0 Å². The van der Waals surface area contributed by atoms with E-state index in [-0.39, 0.29) is 16.7 Å². The number of halogens is 2. The summed E-state index contributed by atoms with van der Waals surface area (Å²) in [5.41, 5.74) is 0.557. The quantitative estimate of drug-likeness (QED) is 0.522. The van der Waals surface area contributed by atoms with Crippen molar-refractivity contribution in [2.75, 3.05) is 5.32 Å². The summed E-state index contributed by atoms with van der Waals surface area (Å²) in [6.45, 7) is 0. The van der Waals surface area contributed by atoms with Crippen molar-refractivity contribution < 1.29 is 4.92 Å². The molecule has 0 atom stereocenters. The Balaban J connectivity index is 2.39. The van der Waals surface area contributed by atoms with Gasteiger partial charge in [-0.05, 0) is 24.3 Å². The van der Waals surface area contributed by atoms with Crippen molar-refractivity contribution >= 4 is 44.7 Å². The Morgan fingerprint density at radius 2 is 2.11 bits per heavy atom. The van der Waals surface area contributed by atoms with E-state index < -0.39 is 4.92 Å². The van der Waals surface area contributed by atoms with E-state index in [0.29, 0.717) is 5.69 Å². The largest absolute Gasteiger partial charge is 0.334 e. The minimum Gasteiger partial charge on any atom is -0.334 e. The van der Waals surface area contributed by atoms with Gasteiger partial charge in [-0.25, -0.2) is 4.98 Å². The number of nitro groups is 1. The third-order valence-electron chi connectivity index (χ3n) is 2.12. The molecule has 1 aromatic carbocycles. The van der Waals surface area contributed by atoms with Crippen LogP contribution >= 0.6 is 27.5 Å². The van der Waals surface area contributed by atoms with Gasteiger partial charge in [-0.1, -0.05) is 33.6 Å². The lowest BCUT2D eigenvalue weighted by molar-refractivity contribution is -0.384. The topological polar surface area (TPSA) is 68.1 Å². The molecule has 0 saturated heterocycles. The Morgan fingerprint density at radius 3 is 2.78 bits per heavy atom. The van der Waals surface area contributed by atoms with Crippen molar-refractivity contribution in [1.82, 2.24) is 4.98 Å². The fourth-order valence-corrected chi connectivity index (χ4v) is 1.92. The second-order valence-electron chi connectivity index (χ2n) is 3.39. The van der Waals surface area contributed by atoms with Crippen molar-refractivity contribution in [2.24, 2.45) is 0 Å². The predicted molar refractivity (Wildman–Crippen MR) is 73.3 cm³/mol. The molecule has 5 nitrogen and oxygen atoms in total. The number of pyridine rings is 1. The lowest BCUT2D eigenvalue weighted by atomic mass is 10.3. The van der Waals surface area contributed by atoms with E-state index in [4.69, 9.17) is 11.6 Å². The first-order valence-electron chi connectivity index (χ1n) is 4.90. The van der Waals surface area contributed by atoms with Crippen LogP contribution in [-0.4, -0.2) is 9.91 Å². The fraction of sp³-hybridized carbons (Fsp3) is 0. The maximum absolute atomic E-state index is 10.9. The molecule has 0 radical (unpaired) electrons. The molecule has 1 heterocycles. The van der Waals surface area contributed by atoms with E-state index in [9.17, 15) is 10.1 Å². The molecule has 1 aromatic heterocycles. The summed E-state index contributed by atoms with van der Waals surface area (Å²) in [6.07, 6.45) is 0. The molecule has 0 spiro atoms. The molecule has 2 aromatic rings. The highest BCUT2D eigenvalue weighted by Crippen LogP contribution is 2.28. The van der Waals surface area contributed by atoms with Crippen LogP contribution in [0.5, 0.6) is 0 Å². The molecule has 7 heteroatoms. The SMILES string of the molecule is O=[N+]([O-])c1ccc(Cl)nc1Nc1cccc(Br)c1. The standard InChI is InChI=1S/C11H7BrClN3O2/c12-7-2-1-3-8(6-7)14-11-9(16(17)18)4-5-10(13)15-11/h1-6H,(H,14,15). The molecular formula is C11H7BrClN3O2. The third kappa shape index (κ3) is 2.96. The summed E-state index contributed by atoms with van der Waals surface area (Å²) in [7, 11) is 0. The number of benzene rings is 1. The van der Waals surface area contributed by atoms with Crippen molar-refractivity contribution in [3.8, 4) is 0 Å². The van der Waals surface area contributed by atoms with E-state index in [1.165, 1.54) is 12.1 Å². The second-order valence-corrected chi connectivity index (χ2v) is 4.70. The number of nitrogens with zero attached hydrogens (tertiary/aromatic N) is 2. The summed E-state index contributed by atoms with van der Waals surface area (Å²) in [5, 5.41) is 13.9. The summed E-state index contributed by atoms with van der Waals surface area (Å²) >= 11 is 9.05. The van der Waals surface area contributed by atoms with Crippen LogP contribution < -0.4 is 5.32 Å². The lowest BCUT2D eigenvalue weighted by Gasteiger charge is -2.06. The Hall–Kier alpha value is -1.66. The number of hydrogen-bond acceptors (Lipinski definition) is 4. The van der Waals surface area contributed by atoms with Crippen LogP contribution in [0.2, 0.25) is 5.15 Å². The maximum atomic E-state index is 10.9. The minimum absolute atomic E-state index is 0.116. The number of rotatable bonds is 3. The zero-order chi connectivity index (χ0) is 13.1. The number of aromatic nitrogens is 1. The van der Waals surface area contributed by atoms with Crippen LogP contribution in [0.4, 0.5) is 17.2 Å². The van der Waals surface area contributed by atoms with Gasteiger partial charge >= 0.3 is 5.69 Å². The smallest absolute Gasteiger partial charge is 0.311 e. The Labute approximate surface area is 116 Å². The summed E-state index contributed by atoms with van der Waals surface area (Å²) in [4.78, 5) is 14.3. The Morgan fingerprint density at radius 1 is 1.33 bits per heavy atom. The molecule has 1 N–H and O–H groups in total. The van der Waals surface area contributed by atoms with Gasteiger partial charge in [0, 0.05) is 16.2 Å². The zero-order valence-electron chi connectivity index (χ0n) is 8.93. The minimum atomic E-state index is -0.510. The average molecular weight is 329 g/mol. The Bertz CT molecular complexity index is 607. The fourth-order valence-electron chi connectivity index (χ4n) is 1.37. The molecule has 2 rings (SSSR count). The van der Waals surface area contributed by atoms with Gasteiger partial charge in [0.25, 0.3) is 0 Å². The van der Waals surface area contributed by atoms with Gasteiger partial charge in [-0.15, -0.1) is 0 Å². The molecule has 0 aliphatic carbocycles. The molecule has 0 aliphatic heterocycles. The number of nitrogens with one attached hydrogen (secondary N) is 1. The maximum Gasteiger partial charge on any atom is 0.311 e. The number of hydrogen-bond donors (Lipinski definition) is 1. The first kappa shape index (κ1) is 12.8. The van der Waals surface area contributed by atoms with Crippen LogP contribution in [-0.2, 0) is 0 Å². The molecule has 0 unspecified atom stereocenters. The van der Waals surface area contributed by atoms with Crippen LogP contribution in [0.25, 0.3) is 0 Å². The lowest BCUT2D eigenvalue weighted by Crippen LogP contribution is -1.99. The van der Waals surface area contributed by atoms with Crippen LogP contribution in [0, 0.1) is 10.1 Å². The summed E-state index contributed by atoms with van der Waals surface area (Å²) in [6, 6.07) is 9.92. The van der Waals surface area contributed by atoms with E-state index in [2.05, 4.69) is 26.2 Å². The van der Waals surface area contributed by atoms with Gasteiger partial charge < -0.3 is 5.32 Å². The van der Waals surface area contributed by atoms with Gasteiger partial charge in [-0.2, -0.15) is 0 Å². The monoisotopic (exact) mass is 327 g/mol. The van der Waals surface area contributed by atoms with Gasteiger partial charge in [-0.3, -0.25) is 10.1 Å². The van der Waals surface area contributed by atoms with E-state index in [0.717, 1.165) is 4.47 Å². The average Bonchev–Trinajstić information content (AvgIpc) is 2.28. The summed E-state index contributed by atoms with van der Waals surface area (Å²) in [5.74, 6) is 0.116. The highest BCUT2D eigenvalue weighted by atomic mass is 79.9. The van der Waals surface area contributed by atoms with Crippen LogP contribution in [0.3, 0.4) is 0 Å². The molecule has 0 aliphatic rings. The first-order chi connectivity index (χ1) is 8.56. The van der Waals surface area contributed by atoms with Gasteiger partial charge in [0.05, 0.1) is 4.92 Å². The van der Waals surface area contributed by atoms with Crippen molar-refractivity contribution in [3.05, 3.63) is 56.1 Å². The normalized spacial score (nSPS) is 10.1. The first-order valence-corrected chi connectivity index (χ1v) is 6.07. The Kier molecular flexibility index (Phi) is 3.78. The second kappa shape index (κ2) is 5.32. The molecule has 0 amide bonds. The number of anilines is 2. The van der Waals surface area contributed by atoms with Gasteiger partial charge in [0.2, 0.25) is 5.82 Å². The van der Waals surface area contributed by atoms with Crippen LogP contribution in [0.1, 0.15) is 0 Å². The highest BCUT2D eigenvalue weighted by molar-refractivity contribution is 9.10. The van der Waals surface area contributed by atoms with E-state index in [1.54, 1.807) is 12.1 Å². The predicted octanol–water partition coefficient (Wildman–Crippen LogP) is 4.15. The third-order valence-corrected chi connectivity index (χ3v) is 2.83. The molecular weight excluding hydrogens is 321 g/mol. The van der Waals surface area contributed by atoms with Crippen molar-refractivity contribution in [1.29, 1.82) is 0 Å². The summed E-state index contributed by atoms with van der Waals surface area (Å²) < 4.78 is 0.859. The highest BCUT2D eigenvalue weighted by Gasteiger charge is 2.15. The van der Waals surface area contributed by atoms with Crippen molar-refractivity contribution in [2.45, 2.75) is 0 Å².